The molecular formula is C7H11N5O4. The molecule has 0 saturated carbocycles. The van der Waals surface area contributed by atoms with Crippen molar-refractivity contribution in [3.63, 3.8) is 0 Å². The van der Waals surface area contributed by atoms with Gasteiger partial charge < -0.3 is 10.4 Å². The van der Waals surface area contributed by atoms with E-state index < -0.39 is 24.6 Å². The molecule has 1 aromatic rings. The van der Waals surface area contributed by atoms with Crippen molar-refractivity contribution in [3.8, 4) is 0 Å². The van der Waals surface area contributed by atoms with Gasteiger partial charge in [-0.05, 0) is 6.92 Å². The van der Waals surface area contributed by atoms with Gasteiger partial charge in [0, 0.05) is 0 Å². The number of hydroxylamine groups is 1. The maximum Gasteiger partial charge on any atom is 0.339 e. The molecular weight excluding hydrogens is 218 g/mol. The Hall–Kier alpha value is -2.16. The maximum atomic E-state index is 11.1. The fraction of sp³-hybridized carbons (Fsp3) is 0.429. The lowest BCUT2D eigenvalue weighted by Gasteiger charge is -2.11. The van der Waals surface area contributed by atoms with Crippen LogP contribution in [0.3, 0.4) is 0 Å². The van der Waals surface area contributed by atoms with Crippen molar-refractivity contribution in [2.45, 2.75) is 13.0 Å². The van der Waals surface area contributed by atoms with Gasteiger partial charge in [0.05, 0.1) is 6.04 Å². The van der Waals surface area contributed by atoms with E-state index >= 15 is 0 Å². The summed E-state index contributed by atoms with van der Waals surface area (Å²) in [4.78, 5) is 29.4. The van der Waals surface area contributed by atoms with Crippen LogP contribution in [0, 0.1) is 0 Å². The van der Waals surface area contributed by atoms with Crippen LogP contribution >= 0.6 is 0 Å². The topological polar surface area (TPSA) is 129 Å². The summed E-state index contributed by atoms with van der Waals surface area (Å²) in [6.45, 7) is 1.07. The van der Waals surface area contributed by atoms with Crippen molar-refractivity contribution in [1.82, 2.24) is 26.0 Å². The molecule has 16 heavy (non-hydrogen) atoms. The highest BCUT2D eigenvalue weighted by molar-refractivity contribution is 5.73. The number of aromatic nitrogens is 3. The zero-order valence-corrected chi connectivity index (χ0v) is 8.43. The van der Waals surface area contributed by atoms with Gasteiger partial charge >= 0.3 is 12.0 Å². The summed E-state index contributed by atoms with van der Waals surface area (Å²) in [5.41, 5.74) is 1.91. The zero-order valence-electron chi connectivity index (χ0n) is 8.43. The molecule has 1 rings (SSSR count). The zero-order chi connectivity index (χ0) is 12.0. The van der Waals surface area contributed by atoms with Crippen LogP contribution in [0.2, 0.25) is 0 Å². The number of urea groups is 1. The second kappa shape index (κ2) is 5.66. The molecule has 1 unspecified atom stereocenters. The standard InChI is InChI=1S/C7H11N5O4/c1-4(6-8-3-9-11-6)10-7(15)12-16-2-5(13)14/h3-4H,2H2,1H3,(H,13,14)(H,8,9,11)(H2,10,12,15). The minimum Gasteiger partial charge on any atom is -0.479 e. The van der Waals surface area contributed by atoms with Crippen LogP contribution in [0.4, 0.5) is 4.79 Å². The smallest absolute Gasteiger partial charge is 0.339 e. The SMILES string of the molecule is CC(NC(=O)NOCC(=O)O)c1ncn[nH]1. The Morgan fingerprint density at radius 3 is 3.00 bits per heavy atom. The van der Waals surface area contributed by atoms with Crippen LogP contribution in [0.15, 0.2) is 6.33 Å². The molecule has 0 radical (unpaired) electrons. The number of H-pyrrole nitrogens is 1. The summed E-state index contributed by atoms with van der Waals surface area (Å²) >= 11 is 0. The molecule has 0 saturated heterocycles. The average Bonchev–Trinajstić information content (AvgIpc) is 2.69. The lowest BCUT2D eigenvalue weighted by molar-refractivity contribution is -0.144. The van der Waals surface area contributed by atoms with Crippen LogP contribution in [-0.4, -0.2) is 38.9 Å². The average molecular weight is 229 g/mol. The molecule has 1 heterocycles. The molecule has 0 aliphatic heterocycles. The summed E-state index contributed by atoms with van der Waals surface area (Å²) in [6.07, 6.45) is 1.31. The summed E-state index contributed by atoms with van der Waals surface area (Å²) in [6, 6.07) is -1.05. The first-order chi connectivity index (χ1) is 7.59. The Morgan fingerprint density at radius 2 is 2.44 bits per heavy atom. The number of aromatic amines is 1. The van der Waals surface area contributed by atoms with Crippen LogP contribution in [0.1, 0.15) is 18.8 Å². The van der Waals surface area contributed by atoms with Crippen LogP contribution < -0.4 is 10.8 Å². The number of aliphatic carboxylic acids is 1. The molecule has 1 aromatic heterocycles. The molecule has 9 nitrogen and oxygen atoms in total. The highest BCUT2D eigenvalue weighted by Crippen LogP contribution is 2.02. The van der Waals surface area contributed by atoms with Crippen molar-refractivity contribution in [2.75, 3.05) is 6.61 Å². The number of carbonyl (C=O) groups is 2. The van der Waals surface area contributed by atoms with E-state index in [1.54, 1.807) is 6.92 Å². The van der Waals surface area contributed by atoms with E-state index in [4.69, 9.17) is 5.11 Å². The fourth-order valence-corrected chi connectivity index (χ4v) is 0.881. The molecule has 0 fully saturated rings. The second-order valence-electron chi connectivity index (χ2n) is 2.85. The van der Waals surface area contributed by atoms with Gasteiger partial charge in [-0.2, -0.15) is 5.10 Å². The summed E-state index contributed by atoms with van der Waals surface area (Å²) in [7, 11) is 0. The number of carboxylic acids is 1. The lowest BCUT2D eigenvalue weighted by Crippen LogP contribution is -2.38. The van der Waals surface area contributed by atoms with E-state index in [2.05, 4.69) is 25.3 Å². The summed E-state index contributed by atoms with van der Waals surface area (Å²) < 4.78 is 0. The van der Waals surface area contributed by atoms with Gasteiger partial charge in [-0.1, -0.05) is 0 Å². The number of nitrogens with zero attached hydrogens (tertiary/aromatic N) is 2. The first-order valence-electron chi connectivity index (χ1n) is 4.35. The number of amides is 2. The minimum absolute atomic E-state index is 0.393. The lowest BCUT2D eigenvalue weighted by atomic mass is 10.3. The van der Waals surface area contributed by atoms with Gasteiger partial charge in [-0.15, -0.1) is 0 Å². The van der Waals surface area contributed by atoms with E-state index in [0.717, 1.165) is 0 Å². The Morgan fingerprint density at radius 1 is 1.69 bits per heavy atom. The fourth-order valence-electron chi connectivity index (χ4n) is 0.881. The summed E-state index contributed by atoms with van der Waals surface area (Å²) in [5.74, 6) is -0.697. The highest BCUT2D eigenvalue weighted by Gasteiger charge is 2.11. The van der Waals surface area contributed by atoms with Crippen LogP contribution in [0.25, 0.3) is 0 Å². The summed E-state index contributed by atoms with van der Waals surface area (Å²) in [5, 5.41) is 16.9. The first-order valence-corrected chi connectivity index (χ1v) is 4.35. The molecule has 0 aliphatic carbocycles. The molecule has 1 atom stereocenters. The van der Waals surface area contributed by atoms with E-state index in [9.17, 15) is 9.59 Å². The molecule has 0 bridgehead atoms. The number of carboxylic acid groups (broad SMARTS) is 1. The number of hydrogen-bond acceptors (Lipinski definition) is 5. The molecule has 0 aromatic carbocycles. The third kappa shape index (κ3) is 3.92. The van der Waals surface area contributed by atoms with Crippen molar-refractivity contribution >= 4 is 12.0 Å². The molecule has 0 spiro atoms. The molecule has 4 N–H and O–H groups in total. The first kappa shape index (κ1) is 11.9. The van der Waals surface area contributed by atoms with Gasteiger partial charge in [0.15, 0.2) is 6.61 Å². The van der Waals surface area contributed by atoms with Crippen LogP contribution in [-0.2, 0) is 9.63 Å². The second-order valence-corrected chi connectivity index (χ2v) is 2.85. The molecule has 2 amide bonds. The van der Waals surface area contributed by atoms with Crippen molar-refractivity contribution in [1.29, 1.82) is 0 Å². The van der Waals surface area contributed by atoms with Gasteiger partial charge in [-0.3, -0.25) is 9.94 Å². The van der Waals surface area contributed by atoms with Crippen LogP contribution in [0.5, 0.6) is 0 Å². The van der Waals surface area contributed by atoms with Gasteiger partial charge in [0.25, 0.3) is 0 Å². The Labute approximate surface area is 90.2 Å². The number of hydrogen-bond donors (Lipinski definition) is 4. The Balaban J connectivity index is 2.26. The predicted molar refractivity (Wildman–Crippen MR) is 50.1 cm³/mol. The maximum absolute atomic E-state index is 11.1. The largest absolute Gasteiger partial charge is 0.479 e. The minimum atomic E-state index is -1.18. The van der Waals surface area contributed by atoms with Crippen molar-refractivity contribution in [2.24, 2.45) is 0 Å². The Kier molecular flexibility index (Phi) is 4.21. The molecule has 9 heteroatoms. The third-order valence-corrected chi connectivity index (χ3v) is 1.55. The van der Waals surface area contributed by atoms with Gasteiger partial charge in [0.1, 0.15) is 12.2 Å². The van der Waals surface area contributed by atoms with E-state index in [0.29, 0.717) is 5.82 Å². The molecule has 88 valence electrons. The van der Waals surface area contributed by atoms with E-state index in [-0.39, 0.29) is 0 Å². The monoisotopic (exact) mass is 229 g/mol. The third-order valence-electron chi connectivity index (χ3n) is 1.55. The van der Waals surface area contributed by atoms with Crippen molar-refractivity contribution < 1.29 is 19.5 Å². The van der Waals surface area contributed by atoms with Crippen molar-refractivity contribution in [3.05, 3.63) is 12.2 Å². The number of nitrogens with one attached hydrogen (secondary N) is 3. The van der Waals surface area contributed by atoms with Gasteiger partial charge in [0.2, 0.25) is 0 Å². The Bertz CT molecular complexity index is 352. The van der Waals surface area contributed by atoms with Gasteiger partial charge in [-0.25, -0.2) is 20.1 Å². The highest BCUT2D eigenvalue weighted by atomic mass is 16.7. The van der Waals surface area contributed by atoms with E-state index in [1.807, 2.05) is 5.48 Å². The quantitative estimate of drug-likeness (QED) is 0.488. The normalized spacial score (nSPS) is 11.8. The van der Waals surface area contributed by atoms with E-state index in [1.165, 1.54) is 6.33 Å². The number of carbonyl (C=O) groups excluding carboxylic acids is 1. The molecule has 0 aliphatic rings. The number of rotatable bonds is 5. The predicted octanol–water partition coefficient (Wildman–Crippen LogP) is -0.819.